The second-order valence-corrected chi connectivity index (χ2v) is 14.7. The van der Waals surface area contributed by atoms with Crippen LogP contribution in [-0.4, -0.2) is 58.0 Å². The van der Waals surface area contributed by atoms with Gasteiger partial charge >= 0.3 is 0 Å². The minimum atomic E-state index is -4.31. The Balaban J connectivity index is 1.58. The minimum Gasteiger partial charge on any atom is -0.493 e. The highest BCUT2D eigenvalue weighted by atomic mass is 32.2. The van der Waals surface area contributed by atoms with Crippen LogP contribution in [0.2, 0.25) is 0 Å². The van der Waals surface area contributed by atoms with Crippen molar-refractivity contribution in [2.45, 2.75) is 75.9 Å². The summed E-state index contributed by atoms with van der Waals surface area (Å²) >= 11 is 0. The quantitative estimate of drug-likeness (QED) is 0.159. The molecule has 2 amide bonds. The highest BCUT2D eigenvalue weighted by Gasteiger charge is 2.36. The number of nitrogens with zero attached hydrogens (tertiary/aromatic N) is 2. The Morgan fingerprint density at radius 1 is 0.820 bits per heavy atom. The fourth-order valence-electron chi connectivity index (χ4n) is 6.41. The largest absolute Gasteiger partial charge is 0.493 e. The number of anilines is 1. The topological polar surface area (TPSA) is 105 Å². The van der Waals surface area contributed by atoms with E-state index in [0.717, 1.165) is 58.7 Å². The van der Waals surface area contributed by atoms with Crippen LogP contribution in [0.5, 0.6) is 11.5 Å². The van der Waals surface area contributed by atoms with Crippen LogP contribution < -0.4 is 19.1 Å². The summed E-state index contributed by atoms with van der Waals surface area (Å²) in [4.78, 5) is 30.6. The molecule has 1 fully saturated rings. The van der Waals surface area contributed by atoms with Crippen molar-refractivity contribution in [3.05, 3.63) is 119 Å². The van der Waals surface area contributed by atoms with Crippen molar-refractivity contribution in [1.82, 2.24) is 10.2 Å². The molecule has 0 unspecified atom stereocenters. The maximum atomic E-state index is 14.8. The SMILES string of the molecule is COc1ccc(S(=O)(=O)N(CC(=O)N(Cc2ccccc2C)[C@H](Cc2ccccc2)C(=O)NC2CCCCC2)c2ccc(C)cc2)cc1OC. The van der Waals surface area contributed by atoms with Crippen molar-refractivity contribution in [2.75, 3.05) is 25.1 Å². The Kier molecular flexibility index (Phi) is 12.2. The van der Waals surface area contributed by atoms with Crippen LogP contribution in [-0.2, 0) is 32.6 Å². The molecule has 4 aromatic rings. The molecule has 9 nitrogen and oxygen atoms in total. The number of hydrogen-bond acceptors (Lipinski definition) is 6. The normalized spacial score (nSPS) is 14.0. The number of amides is 2. The number of nitrogens with one attached hydrogen (secondary N) is 1. The monoisotopic (exact) mass is 697 g/mol. The summed E-state index contributed by atoms with van der Waals surface area (Å²) in [5.41, 5.74) is 3.99. The predicted molar refractivity (Wildman–Crippen MR) is 196 cm³/mol. The lowest BCUT2D eigenvalue weighted by atomic mass is 9.94. The van der Waals surface area contributed by atoms with Crippen molar-refractivity contribution < 1.29 is 27.5 Å². The van der Waals surface area contributed by atoms with Gasteiger partial charge < -0.3 is 19.7 Å². The molecule has 1 atom stereocenters. The van der Waals surface area contributed by atoms with Crippen molar-refractivity contribution in [3.63, 3.8) is 0 Å². The number of sulfonamides is 1. The summed E-state index contributed by atoms with van der Waals surface area (Å²) in [5.74, 6) is -0.126. The molecular weight excluding hydrogens is 651 g/mol. The second-order valence-electron chi connectivity index (χ2n) is 12.9. The van der Waals surface area contributed by atoms with Crippen molar-refractivity contribution in [3.8, 4) is 11.5 Å². The number of hydrogen-bond donors (Lipinski definition) is 1. The van der Waals surface area contributed by atoms with Crippen LogP contribution in [0.1, 0.15) is 54.4 Å². The number of methoxy groups -OCH3 is 2. The summed E-state index contributed by atoms with van der Waals surface area (Å²) < 4.78 is 40.9. The molecule has 50 heavy (non-hydrogen) atoms. The Morgan fingerprint density at radius 2 is 1.48 bits per heavy atom. The average Bonchev–Trinajstić information content (AvgIpc) is 3.13. The molecule has 264 valence electrons. The standard InChI is InChI=1S/C40H47N3O6S/c1-29-19-21-34(22-20-29)43(50(46,47)35-23-24-37(48-3)38(26-35)49-4)28-39(44)42(27-32-16-12-11-13-30(32)2)36(25-31-14-7-5-8-15-31)40(45)41-33-17-9-6-10-18-33/h5,7-8,11-16,19-24,26,33,36H,6,9-10,17-18,25,27-28H2,1-4H3,(H,41,45)/t36-/m1/s1. The summed E-state index contributed by atoms with van der Waals surface area (Å²) in [6.45, 7) is 3.46. The zero-order valence-electron chi connectivity index (χ0n) is 29.3. The molecule has 1 N–H and O–H groups in total. The Bertz CT molecular complexity index is 1860. The molecule has 0 radical (unpaired) electrons. The van der Waals surface area contributed by atoms with Gasteiger partial charge in [-0.15, -0.1) is 0 Å². The highest BCUT2D eigenvalue weighted by Crippen LogP contribution is 2.33. The van der Waals surface area contributed by atoms with Crippen molar-refractivity contribution in [1.29, 1.82) is 0 Å². The van der Waals surface area contributed by atoms with E-state index in [4.69, 9.17) is 9.47 Å². The molecule has 10 heteroatoms. The maximum Gasteiger partial charge on any atom is 0.264 e. The fourth-order valence-corrected chi connectivity index (χ4v) is 7.84. The van der Waals surface area contributed by atoms with Crippen LogP contribution in [0.25, 0.3) is 0 Å². The third kappa shape index (κ3) is 8.84. The molecule has 0 aromatic heterocycles. The zero-order valence-corrected chi connectivity index (χ0v) is 30.1. The van der Waals surface area contributed by atoms with E-state index in [1.165, 1.54) is 32.4 Å². The van der Waals surface area contributed by atoms with Gasteiger partial charge in [-0.05, 0) is 67.6 Å². The van der Waals surface area contributed by atoms with Gasteiger partial charge in [-0.3, -0.25) is 13.9 Å². The number of aryl methyl sites for hydroxylation is 2. The van der Waals surface area contributed by atoms with E-state index in [0.29, 0.717) is 11.4 Å². The lowest BCUT2D eigenvalue weighted by Crippen LogP contribution is -2.55. The van der Waals surface area contributed by atoms with Gasteiger partial charge in [-0.25, -0.2) is 8.42 Å². The van der Waals surface area contributed by atoms with Crippen LogP contribution in [0.3, 0.4) is 0 Å². The Hall–Kier alpha value is -4.83. The Morgan fingerprint density at radius 3 is 2.14 bits per heavy atom. The van der Waals surface area contributed by atoms with Crippen molar-refractivity contribution in [2.24, 2.45) is 0 Å². The van der Waals surface area contributed by atoms with Crippen LogP contribution >= 0.6 is 0 Å². The molecule has 0 saturated heterocycles. The molecule has 1 aliphatic rings. The van der Waals surface area contributed by atoms with Gasteiger partial charge in [0.1, 0.15) is 12.6 Å². The van der Waals surface area contributed by atoms with Gasteiger partial charge in [-0.1, -0.05) is 91.6 Å². The third-order valence-corrected chi connectivity index (χ3v) is 11.1. The van der Waals surface area contributed by atoms with Crippen LogP contribution in [0.15, 0.2) is 102 Å². The number of carbonyl (C=O) groups is 2. The third-order valence-electron chi connectivity index (χ3n) is 9.37. The van der Waals surface area contributed by atoms with E-state index in [1.54, 1.807) is 29.2 Å². The second kappa shape index (κ2) is 16.7. The predicted octanol–water partition coefficient (Wildman–Crippen LogP) is 6.60. The molecule has 5 rings (SSSR count). The zero-order chi connectivity index (χ0) is 35.7. The van der Waals surface area contributed by atoms with E-state index >= 15 is 0 Å². The van der Waals surface area contributed by atoms with Gasteiger partial charge in [0.05, 0.1) is 24.8 Å². The summed E-state index contributed by atoms with van der Waals surface area (Å²) in [5, 5.41) is 3.26. The molecule has 1 aliphatic carbocycles. The summed E-state index contributed by atoms with van der Waals surface area (Å²) in [6, 6.07) is 27.8. The van der Waals surface area contributed by atoms with E-state index in [9.17, 15) is 18.0 Å². The van der Waals surface area contributed by atoms with E-state index in [1.807, 2.05) is 68.4 Å². The van der Waals surface area contributed by atoms with Crippen LogP contribution in [0, 0.1) is 13.8 Å². The minimum absolute atomic E-state index is 0.0272. The molecule has 0 heterocycles. The molecule has 4 aromatic carbocycles. The van der Waals surface area contributed by atoms with Gasteiger partial charge in [0.2, 0.25) is 11.8 Å². The summed E-state index contributed by atoms with van der Waals surface area (Å²) in [7, 11) is -1.40. The van der Waals surface area contributed by atoms with Crippen molar-refractivity contribution >= 4 is 27.5 Å². The first-order valence-corrected chi connectivity index (χ1v) is 18.5. The fraction of sp³-hybridized carbons (Fsp3) is 0.350. The molecule has 1 saturated carbocycles. The first kappa shape index (κ1) is 36.5. The Labute approximate surface area is 296 Å². The van der Waals surface area contributed by atoms with Gasteiger partial charge in [0.15, 0.2) is 11.5 Å². The van der Waals surface area contributed by atoms with E-state index in [-0.39, 0.29) is 35.6 Å². The lowest BCUT2D eigenvalue weighted by molar-refractivity contribution is -0.140. The number of ether oxygens (including phenoxy) is 2. The van der Waals surface area contributed by atoms with Gasteiger partial charge in [0.25, 0.3) is 10.0 Å². The maximum absolute atomic E-state index is 14.8. The first-order chi connectivity index (χ1) is 24.1. The average molecular weight is 698 g/mol. The summed E-state index contributed by atoms with van der Waals surface area (Å²) in [6.07, 6.45) is 5.27. The number of carbonyl (C=O) groups excluding carboxylic acids is 2. The number of rotatable bonds is 14. The molecule has 0 spiro atoms. The van der Waals surface area contributed by atoms with E-state index < -0.39 is 28.5 Å². The molecule has 0 aliphatic heterocycles. The van der Waals surface area contributed by atoms with Gasteiger partial charge in [0, 0.05) is 25.1 Å². The molecule has 0 bridgehead atoms. The van der Waals surface area contributed by atoms with Gasteiger partial charge in [-0.2, -0.15) is 0 Å². The molecular formula is C40H47N3O6S. The number of benzene rings is 4. The highest BCUT2D eigenvalue weighted by molar-refractivity contribution is 7.92. The lowest BCUT2D eigenvalue weighted by Gasteiger charge is -2.35. The smallest absolute Gasteiger partial charge is 0.264 e. The first-order valence-electron chi connectivity index (χ1n) is 17.1. The van der Waals surface area contributed by atoms with Crippen LogP contribution in [0.4, 0.5) is 5.69 Å². The van der Waals surface area contributed by atoms with E-state index in [2.05, 4.69) is 5.32 Å².